The summed E-state index contributed by atoms with van der Waals surface area (Å²) in [5.41, 5.74) is 0.743. The molecule has 1 atom stereocenters. The zero-order valence-electron chi connectivity index (χ0n) is 17.3. The molecule has 3 rings (SSSR count). The van der Waals surface area contributed by atoms with E-state index in [-0.39, 0.29) is 12.1 Å². The molecule has 1 aliphatic rings. The maximum Gasteiger partial charge on any atom is 0.321 e. The summed E-state index contributed by atoms with van der Waals surface area (Å²) >= 11 is 0. The number of anilines is 2. The SMILES string of the molecule is CCCCOc1ccc(NC(=O)N2CCC(Oc3ccc(N(C)C)nn3)C2)cc1. The minimum absolute atomic E-state index is 0.0883. The third-order valence-electron chi connectivity index (χ3n) is 4.68. The van der Waals surface area contributed by atoms with E-state index in [1.54, 1.807) is 11.0 Å². The van der Waals surface area contributed by atoms with Crippen molar-refractivity contribution in [2.45, 2.75) is 32.3 Å². The Bertz CT molecular complexity index is 780. The summed E-state index contributed by atoms with van der Waals surface area (Å²) < 4.78 is 11.5. The molecule has 1 fully saturated rings. The lowest BCUT2D eigenvalue weighted by Gasteiger charge is -2.18. The topological polar surface area (TPSA) is 79.8 Å². The number of amides is 2. The standard InChI is InChI=1S/C21H29N5O3/c1-4-5-14-28-17-8-6-16(7-9-17)22-21(27)26-13-12-18(15-26)29-20-11-10-19(23-24-20)25(2)3/h6-11,18H,4-5,12-15H2,1-3H3,(H,22,27). The number of benzene rings is 1. The van der Waals surface area contributed by atoms with Crippen LogP contribution in [0.4, 0.5) is 16.3 Å². The molecular weight excluding hydrogens is 370 g/mol. The van der Waals surface area contributed by atoms with Crippen molar-refractivity contribution in [1.29, 1.82) is 0 Å². The van der Waals surface area contributed by atoms with E-state index in [0.717, 1.165) is 36.5 Å². The van der Waals surface area contributed by atoms with Crippen LogP contribution in [0.2, 0.25) is 0 Å². The molecule has 1 aromatic heterocycles. The number of hydrogen-bond acceptors (Lipinski definition) is 6. The fraction of sp³-hybridized carbons (Fsp3) is 0.476. The molecule has 2 aromatic rings. The highest BCUT2D eigenvalue weighted by molar-refractivity contribution is 5.89. The first-order valence-corrected chi connectivity index (χ1v) is 10.0. The normalized spacial score (nSPS) is 15.8. The van der Waals surface area contributed by atoms with Gasteiger partial charge >= 0.3 is 6.03 Å². The average molecular weight is 399 g/mol. The highest BCUT2D eigenvalue weighted by Crippen LogP contribution is 2.20. The third-order valence-corrected chi connectivity index (χ3v) is 4.68. The summed E-state index contributed by atoms with van der Waals surface area (Å²) in [6, 6.07) is 11.0. The Labute approximate surface area is 171 Å². The van der Waals surface area contributed by atoms with Crippen LogP contribution in [0.1, 0.15) is 26.2 Å². The van der Waals surface area contributed by atoms with Crippen molar-refractivity contribution < 1.29 is 14.3 Å². The number of ether oxygens (including phenoxy) is 2. The van der Waals surface area contributed by atoms with Crippen molar-refractivity contribution in [3.8, 4) is 11.6 Å². The molecule has 1 unspecified atom stereocenters. The molecule has 8 heteroatoms. The molecule has 0 bridgehead atoms. The predicted molar refractivity (Wildman–Crippen MR) is 113 cm³/mol. The first-order chi connectivity index (χ1) is 14.0. The number of unbranched alkanes of at least 4 members (excludes halogenated alkanes) is 1. The third kappa shape index (κ3) is 5.97. The number of urea groups is 1. The van der Waals surface area contributed by atoms with Gasteiger partial charge < -0.3 is 24.6 Å². The van der Waals surface area contributed by atoms with Gasteiger partial charge in [-0.2, -0.15) is 0 Å². The molecule has 156 valence electrons. The maximum absolute atomic E-state index is 12.5. The predicted octanol–water partition coefficient (Wildman–Crippen LogP) is 3.41. The first-order valence-electron chi connectivity index (χ1n) is 10.0. The highest BCUT2D eigenvalue weighted by Gasteiger charge is 2.28. The molecule has 0 spiro atoms. The molecule has 8 nitrogen and oxygen atoms in total. The van der Waals surface area contributed by atoms with Gasteiger partial charge in [-0.3, -0.25) is 0 Å². The van der Waals surface area contributed by atoms with Crippen LogP contribution >= 0.6 is 0 Å². The fourth-order valence-electron chi connectivity index (χ4n) is 2.97. The average Bonchev–Trinajstić information content (AvgIpc) is 3.18. The van der Waals surface area contributed by atoms with E-state index in [2.05, 4.69) is 22.4 Å². The maximum atomic E-state index is 12.5. The van der Waals surface area contributed by atoms with Crippen molar-refractivity contribution in [2.24, 2.45) is 0 Å². The number of aromatic nitrogens is 2. The van der Waals surface area contributed by atoms with Crippen LogP contribution < -0.4 is 19.7 Å². The van der Waals surface area contributed by atoms with Crippen molar-refractivity contribution in [2.75, 3.05) is 44.0 Å². The molecule has 1 saturated heterocycles. The summed E-state index contributed by atoms with van der Waals surface area (Å²) in [6.45, 7) is 3.99. The molecule has 1 N–H and O–H groups in total. The minimum atomic E-state index is -0.134. The molecule has 0 aliphatic carbocycles. The zero-order chi connectivity index (χ0) is 20.6. The smallest absolute Gasteiger partial charge is 0.321 e. The Hall–Kier alpha value is -3.03. The number of hydrogen-bond donors (Lipinski definition) is 1. The van der Waals surface area contributed by atoms with Crippen LogP contribution in [-0.2, 0) is 0 Å². The fourth-order valence-corrected chi connectivity index (χ4v) is 2.97. The molecule has 1 aromatic carbocycles. The van der Waals surface area contributed by atoms with Gasteiger partial charge in [0.05, 0.1) is 13.2 Å². The lowest BCUT2D eigenvalue weighted by atomic mass is 10.3. The Kier molecular flexibility index (Phi) is 7.10. The largest absolute Gasteiger partial charge is 0.494 e. The van der Waals surface area contributed by atoms with Gasteiger partial charge in [0.1, 0.15) is 11.9 Å². The Morgan fingerprint density at radius 3 is 2.66 bits per heavy atom. The van der Waals surface area contributed by atoms with Crippen LogP contribution in [0.3, 0.4) is 0 Å². The minimum Gasteiger partial charge on any atom is -0.494 e. The molecule has 1 aliphatic heterocycles. The van der Waals surface area contributed by atoms with E-state index < -0.39 is 0 Å². The number of likely N-dealkylation sites (tertiary alicyclic amines) is 1. The number of rotatable bonds is 8. The molecule has 29 heavy (non-hydrogen) atoms. The Morgan fingerprint density at radius 1 is 1.21 bits per heavy atom. The number of carbonyl (C=O) groups is 1. The number of nitrogens with zero attached hydrogens (tertiary/aromatic N) is 4. The molecule has 2 amide bonds. The van der Waals surface area contributed by atoms with Gasteiger partial charge in [-0.25, -0.2) is 4.79 Å². The second-order valence-corrected chi connectivity index (χ2v) is 7.26. The Morgan fingerprint density at radius 2 is 2.00 bits per heavy atom. The summed E-state index contributed by atoms with van der Waals surface area (Å²) in [7, 11) is 3.82. The van der Waals surface area contributed by atoms with E-state index >= 15 is 0 Å². The quantitative estimate of drug-likeness (QED) is 0.686. The summed E-state index contributed by atoms with van der Waals surface area (Å²) in [5.74, 6) is 2.06. The highest BCUT2D eigenvalue weighted by atomic mass is 16.5. The lowest BCUT2D eigenvalue weighted by molar-refractivity contribution is 0.188. The van der Waals surface area contributed by atoms with Crippen molar-refractivity contribution in [1.82, 2.24) is 15.1 Å². The van der Waals surface area contributed by atoms with Gasteiger partial charge in [-0.1, -0.05) is 13.3 Å². The van der Waals surface area contributed by atoms with Crippen LogP contribution in [0.25, 0.3) is 0 Å². The second kappa shape index (κ2) is 9.95. The second-order valence-electron chi connectivity index (χ2n) is 7.26. The lowest BCUT2D eigenvalue weighted by Crippen LogP contribution is -2.34. The first kappa shape index (κ1) is 20.7. The molecule has 2 heterocycles. The van der Waals surface area contributed by atoms with Crippen molar-refractivity contribution in [3.63, 3.8) is 0 Å². The van der Waals surface area contributed by atoms with Crippen LogP contribution in [0, 0.1) is 0 Å². The Balaban J connectivity index is 1.46. The number of carbonyl (C=O) groups excluding carboxylic acids is 1. The summed E-state index contributed by atoms with van der Waals surface area (Å²) in [4.78, 5) is 16.1. The van der Waals surface area contributed by atoms with Gasteiger partial charge in [-0.15, -0.1) is 10.2 Å². The monoisotopic (exact) mass is 399 g/mol. The van der Waals surface area contributed by atoms with E-state index in [9.17, 15) is 4.79 Å². The van der Waals surface area contributed by atoms with Crippen molar-refractivity contribution in [3.05, 3.63) is 36.4 Å². The van der Waals surface area contributed by atoms with Gasteiger partial charge in [0.25, 0.3) is 0 Å². The van der Waals surface area contributed by atoms with Crippen LogP contribution in [0.5, 0.6) is 11.6 Å². The van der Waals surface area contributed by atoms with Crippen molar-refractivity contribution >= 4 is 17.5 Å². The molecule has 0 radical (unpaired) electrons. The molecule has 0 saturated carbocycles. The van der Waals surface area contributed by atoms with Crippen LogP contribution in [0.15, 0.2) is 36.4 Å². The van der Waals surface area contributed by atoms with E-state index in [4.69, 9.17) is 9.47 Å². The van der Waals surface area contributed by atoms with E-state index in [1.807, 2.05) is 49.3 Å². The van der Waals surface area contributed by atoms with Gasteiger partial charge in [0, 0.05) is 38.8 Å². The van der Waals surface area contributed by atoms with E-state index in [1.165, 1.54) is 0 Å². The van der Waals surface area contributed by atoms with Crippen LogP contribution in [-0.4, -0.2) is 61.0 Å². The zero-order valence-corrected chi connectivity index (χ0v) is 17.3. The van der Waals surface area contributed by atoms with E-state index in [0.29, 0.717) is 25.6 Å². The summed E-state index contributed by atoms with van der Waals surface area (Å²) in [5, 5.41) is 11.1. The van der Waals surface area contributed by atoms with Gasteiger partial charge in [0.2, 0.25) is 5.88 Å². The summed E-state index contributed by atoms with van der Waals surface area (Å²) in [6.07, 6.45) is 2.80. The number of nitrogens with one attached hydrogen (secondary N) is 1. The van der Waals surface area contributed by atoms with Gasteiger partial charge in [0.15, 0.2) is 5.82 Å². The van der Waals surface area contributed by atoms with Gasteiger partial charge in [-0.05, 0) is 36.8 Å². The molecular formula is C21H29N5O3.